The van der Waals surface area contributed by atoms with Crippen molar-refractivity contribution in [2.75, 3.05) is 0 Å². The highest BCUT2D eigenvalue weighted by molar-refractivity contribution is 9.11. The van der Waals surface area contributed by atoms with Crippen LogP contribution in [0.5, 0.6) is 0 Å². The zero-order chi connectivity index (χ0) is 9.71. The molecule has 72 valence electrons. The molecule has 0 N–H and O–H groups in total. The monoisotopic (exact) mass is 314 g/mol. The molecule has 0 radical (unpaired) electrons. The molecule has 1 aromatic heterocycles. The highest BCUT2D eigenvalue weighted by atomic mass is 79.9. The van der Waals surface area contributed by atoms with Crippen molar-refractivity contribution in [2.45, 2.75) is 19.3 Å². The summed E-state index contributed by atoms with van der Waals surface area (Å²) in [6.07, 6.45) is 3.48. The Kier molecular flexibility index (Phi) is 1.99. The highest BCUT2D eigenvalue weighted by Crippen LogP contribution is 2.38. The predicted octanol–water partition coefficient (Wildman–Crippen LogP) is 4.45. The molecule has 14 heavy (non-hydrogen) atoms. The second-order valence-electron chi connectivity index (χ2n) is 3.62. The number of fused-ring (bicyclic) bond motifs is 3. The summed E-state index contributed by atoms with van der Waals surface area (Å²) in [7, 11) is 0. The van der Waals surface area contributed by atoms with E-state index in [-0.39, 0.29) is 0 Å². The number of rotatable bonds is 0. The van der Waals surface area contributed by atoms with Crippen LogP contribution in [0.3, 0.4) is 0 Å². The van der Waals surface area contributed by atoms with Crippen LogP contribution < -0.4 is 0 Å². The Morgan fingerprint density at radius 2 is 2.00 bits per heavy atom. The van der Waals surface area contributed by atoms with E-state index in [0.717, 1.165) is 27.4 Å². The molecular weight excluding hydrogens is 308 g/mol. The van der Waals surface area contributed by atoms with E-state index in [0.29, 0.717) is 0 Å². The van der Waals surface area contributed by atoms with Crippen molar-refractivity contribution in [1.82, 2.24) is 0 Å². The van der Waals surface area contributed by atoms with Crippen molar-refractivity contribution >= 4 is 42.8 Å². The van der Waals surface area contributed by atoms with Gasteiger partial charge in [-0.1, -0.05) is 15.9 Å². The number of benzene rings is 1. The average Bonchev–Trinajstić information content (AvgIpc) is 2.65. The normalized spacial score (nSPS) is 15.0. The molecule has 1 aliphatic rings. The summed E-state index contributed by atoms with van der Waals surface area (Å²) in [5.74, 6) is 1.18. The summed E-state index contributed by atoms with van der Waals surface area (Å²) in [5.41, 5.74) is 2.40. The summed E-state index contributed by atoms with van der Waals surface area (Å²) in [4.78, 5) is 0. The molecule has 1 heterocycles. The maximum absolute atomic E-state index is 5.83. The van der Waals surface area contributed by atoms with E-state index in [1.54, 1.807) is 0 Å². The largest absolute Gasteiger partial charge is 0.460 e. The Labute approximate surface area is 98.7 Å². The second kappa shape index (κ2) is 3.11. The first-order valence-electron chi connectivity index (χ1n) is 4.65. The van der Waals surface area contributed by atoms with Crippen LogP contribution in [0.25, 0.3) is 11.0 Å². The maximum atomic E-state index is 5.83. The van der Waals surface area contributed by atoms with Gasteiger partial charge < -0.3 is 4.42 Å². The topological polar surface area (TPSA) is 13.1 Å². The minimum atomic E-state index is 0.998. The smallest absolute Gasteiger partial charge is 0.148 e. The summed E-state index contributed by atoms with van der Waals surface area (Å²) in [5, 5.41) is 1.26. The minimum absolute atomic E-state index is 0.998. The second-order valence-corrected chi connectivity index (χ2v) is 5.39. The van der Waals surface area contributed by atoms with Gasteiger partial charge in [0.05, 0.1) is 4.47 Å². The van der Waals surface area contributed by atoms with Gasteiger partial charge in [0.25, 0.3) is 0 Å². The molecule has 3 heteroatoms. The molecule has 0 aliphatic heterocycles. The van der Waals surface area contributed by atoms with Crippen molar-refractivity contribution in [1.29, 1.82) is 0 Å². The lowest BCUT2D eigenvalue weighted by Crippen LogP contribution is -1.76. The van der Waals surface area contributed by atoms with Gasteiger partial charge in [-0.05, 0) is 40.9 Å². The van der Waals surface area contributed by atoms with Gasteiger partial charge in [-0.15, -0.1) is 0 Å². The van der Waals surface area contributed by atoms with E-state index in [2.05, 4.69) is 37.9 Å². The molecule has 0 amide bonds. The first kappa shape index (κ1) is 8.98. The van der Waals surface area contributed by atoms with E-state index in [1.165, 1.54) is 23.1 Å². The van der Waals surface area contributed by atoms with Gasteiger partial charge in [0.15, 0.2) is 0 Å². The quantitative estimate of drug-likeness (QED) is 0.700. The summed E-state index contributed by atoms with van der Waals surface area (Å²) < 4.78 is 7.97. The molecule has 0 spiro atoms. The van der Waals surface area contributed by atoms with Crippen molar-refractivity contribution in [3.05, 3.63) is 32.4 Å². The molecule has 0 unspecified atom stereocenters. The summed E-state index contributed by atoms with van der Waals surface area (Å²) >= 11 is 7.03. The first-order chi connectivity index (χ1) is 6.75. The van der Waals surface area contributed by atoms with Crippen LogP contribution in [0, 0.1) is 0 Å². The third kappa shape index (κ3) is 1.18. The number of hydrogen-bond acceptors (Lipinski definition) is 1. The van der Waals surface area contributed by atoms with Gasteiger partial charge in [0, 0.05) is 21.8 Å². The van der Waals surface area contributed by atoms with E-state index >= 15 is 0 Å². The zero-order valence-corrected chi connectivity index (χ0v) is 10.6. The fourth-order valence-electron chi connectivity index (χ4n) is 2.12. The Morgan fingerprint density at radius 3 is 2.86 bits per heavy atom. The van der Waals surface area contributed by atoms with Gasteiger partial charge in [0.1, 0.15) is 11.3 Å². The fraction of sp³-hybridized carbons (Fsp3) is 0.273. The van der Waals surface area contributed by atoms with Gasteiger partial charge in [-0.2, -0.15) is 0 Å². The molecular formula is C11H8Br2O. The SMILES string of the molecule is Brc1cc(Br)c2oc3c(c2c1)CCC3. The van der Waals surface area contributed by atoms with Crippen molar-refractivity contribution in [3.63, 3.8) is 0 Å². The number of halogens is 2. The third-order valence-electron chi connectivity index (χ3n) is 2.73. The van der Waals surface area contributed by atoms with Gasteiger partial charge in [-0.25, -0.2) is 0 Å². The van der Waals surface area contributed by atoms with Crippen LogP contribution >= 0.6 is 31.9 Å². The Bertz CT molecular complexity index is 513. The molecule has 3 rings (SSSR count). The van der Waals surface area contributed by atoms with Crippen LogP contribution in [0.4, 0.5) is 0 Å². The number of hydrogen-bond donors (Lipinski definition) is 0. The summed E-state index contributed by atoms with van der Waals surface area (Å²) in [6, 6.07) is 4.18. The maximum Gasteiger partial charge on any atom is 0.148 e. The Balaban J connectivity index is 2.43. The fourth-order valence-corrected chi connectivity index (χ4v) is 3.43. The third-order valence-corrected chi connectivity index (χ3v) is 3.77. The lowest BCUT2D eigenvalue weighted by atomic mass is 10.1. The zero-order valence-electron chi connectivity index (χ0n) is 7.44. The van der Waals surface area contributed by atoms with E-state index in [9.17, 15) is 0 Å². The average molecular weight is 316 g/mol. The number of furan rings is 1. The molecule has 0 bridgehead atoms. The van der Waals surface area contributed by atoms with Gasteiger partial charge in [0.2, 0.25) is 0 Å². The molecule has 0 saturated heterocycles. The molecule has 0 atom stereocenters. The van der Waals surface area contributed by atoms with Crippen LogP contribution in [0.2, 0.25) is 0 Å². The standard InChI is InChI=1S/C11H8Br2O/c12-6-4-8-7-2-1-3-10(7)14-11(8)9(13)5-6/h4-5H,1-3H2. The molecule has 1 nitrogen and oxygen atoms in total. The molecule has 0 fully saturated rings. The highest BCUT2D eigenvalue weighted by Gasteiger charge is 2.20. The van der Waals surface area contributed by atoms with Crippen LogP contribution in [0.1, 0.15) is 17.7 Å². The number of aryl methyl sites for hydroxylation is 2. The molecule has 1 aromatic carbocycles. The first-order valence-corrected chi connectivity index (χ1v) is 6.23. The van der Waals surface area contributed by atoms with Crippen LogP contribution in [-0.2, 0) is 12.8 Å². The van der Waals surface area contributed by atoms with Crippen molar-refractivity contribution in [2.24, 2.45) is 0 Å². The predicted molar refractivity (Wildman–Crippen MR) is 63.6 cm³/mol. The van der Waals surface area contributed by atoms with E-state index < -0.39 is 0 Å². The van der Waals surface area contributed by atoms with Crippen LogP contribution in [-0.4, -0.2) is 0 Å². The molecule has 2 aromatic rings. The summed E-state index contributed by atoms with van der Waals surface area (Å²) in [6.45, 7) is 0. The Hall–Kier alpha value is -0.280. The van der Waals surface area contributed by atoms with E-state index in [1.807, 2.05) is 6.07 Å². The molecule has 0 saturated carbocycles. The van der Waals surface area contributed by atoms with Gasteiger partial charge in [-0.3, -0.25) is 0 Å². The Morgan fingerprint density at radius 1 is 1.14 bits per heavy atom. The lowest BCUT2D eigenvalue weighted by molar-refractivity contribution is 0.555. The minimum Gasteiger partial charge on any atom is -0.460 e. The van der Waals surface area contributed by atoms with E-state index in [4.69, 9.17) is 4.42 Å². The van der Waals surface area contributed by atoms with Crippen molar-refractivity contribution in [3.8, 4) is 0 Å². The molecule has 1 aliphatic carbocycles. The van der Waals surface area contributed by atoms with Crippen LogP contribution in [0.15, 0.2) is 25.5 Å². The van der Waals surface area contributed by atoms with Gasteiger partial charge >= 0.3 is 0 Å². The lowest BCUT2D eigenvalue weighted by Gasteiger charge is -1.96. The van der Waals surface area contributed by atoms with Crippen molar-refractivity contribution < 1.29 is 4.42 Å².